The molecule has 1 fully saturated rings. The Balaban J connectivity index is 2.39. The van der Waals surface area contributed by atoms with Crippen molar-refractivity contribution in [2.24, 2.45) is 10.7 Å². The summed E-state index contributed by atoms with van der Waals surface area (Å²) in [7, 11) is 2.02. The third-order valence-electron chi connectivity index (χ3n) is 2.84. The number of guanidine groups is 1. The third kappa shape index (κ3) is 3.56. The van der Waals surface area contributed by atoms with Crippen molar-refractivity contribution in [1.29, 1.82) is 0 Å². The van der Waals surface area contributed by atoms with Gasteiger partial charge in [0.05, 0.1) is 6.04 Å². The van der Waals surface area contributed by atoms with Crippen LogP contribution in [0.15, 0.2) is 4.99 Å². The van der Waals surface area contributed by atoms with Crippen molar-refractivity contribution >= 4 is 5.96 Å². The van der Waals surface area contributed by atoms with Crippen molar-refractivity contribution < 1.29 is 0 Å². The van der Waals surface area contributed by atoms with Crippen LogP contribution < -0.4 is 5.73 Å². The summed E-state index contributed by atoms with van der Waals surface area (Å²) in [5.74, 6) is 0.721. The van der Waals surface area contributed by atoms with Gasteiger partial charge in [0.2, 0.25) is 0 Å². The molecule has 0 aromatic carbocycles. The molecular weight excluding hydrogens is 174 g/mol. The summed E-state index contributed by atoms with van der Waals surface area (Å²) in [5, 5.41) is 0. The average molecular weight is 197 g/mol. The van der Waals surface area contributed by atoms with Crippen molar-refractivity contribution in [3.05, 3.63) is 0 Å². The third-order valence-corrected chi connectivity index (χ3v) is 2.84. The highest BCUT2D eigenvalue weighted by molar-refractivity contribution is 5.77. The van der Waals surface area contributed by atoms with E-state index in [1.807, 2.05) is 7.05 Å². The van der Waals surface area contributed by atoms with E-state index in [1.54, 1.807) is 0 Å². The van der Waals surface area contributed by atoms with Crippen LogP contribution in [0.1, 0.15) is 45.4 Å². The van der Waals surface area contributed by atoms with Crippen LogP contribution in [0, 0.1) is 0 Å². The molecule has 3 nitrogen and oxygen atoms in total. The molecule has 3 heteroatoms. The molecule has 0 spiro atoms. The molecule has 0 unspecified atom stereocenters. The lowest BCUT2D eigenvalue weighted by Crippen LogP contribution is -2.36. The van der Waals surface area contributed by atoms with Gasteiger partial charge in [-0.3, -0.25) is 0 Å². The molecule has 0 heterocycles. The molecule has 2 N–H and O–H groups in total. The van der Waals surface area contributed by atoms with E-state index in [0.29, 0.717) is 6.04 Å². The summed E-state index contributed by atoms with van der Waals surface area (Å²) in [5.41, 5.74) is 5.91. The Labute approximate surface area is 87.4 Å². The second-order valence-electron chi connectivity index (χ2n) is 4.20. The summed E-state index contributed by atoms with van der Waals surface area (Å²) in [6.07, 6.45) is 7.58. The predicted octanol–water partition coefficient (Wildman–Crippen LogP) is 1.98. The normalized spacial score (nSPS) is 19.7. The molecule has 0 saturated heterocycles. The van der Waals surface area contributed by atoms with Gasteiger partial charge in [0.1, 0.15) is 0 Å². The molecule has 0 aliphatic heterocycles. The van der Waals surface area contributed by atoms with Crippen LogP contribution in [-0.2, 0) is 0 Å². The van der Waals surface area contributed by atoms with Crippen LogP contribution >= 0.6 is 0 Å². The quantitative estimate of drug-likeness (QED) is 0.555. The maximum absolute atomic E-state index is 5.91. The summed E-state index contributed by atoms with van der Waals surface area (Å²) in [6, 6.07) is 0.489. The van der Waals surface area contributed by atoms with Crippen molar-refractivity contribution in [3.63, 3.8) is 0 Å². The predicted molar refractivity (Wildman–Crippen MR) is 61.4 cm³/mol. The summed E-state index contributed by atoms with van der Waals surface area (Å²) in [4.78, 5) is 6.63. The molecule has 82 valence electrons. The van der Waals surface area contributed by atoms with Gasteiger partial charge in [-0.15, -0.1) is 0 Å². The Morgan fingerprint density at radius 2 is 2.00 bits per heavy atom. The van der Waals surface area contributed by atoms with Crippen molar-refractivity contribution in [3.8, 4) is 0 Å². The molecule has 0 amide bonds. The van der Waals surface area contributed by atoms with Gasteiger partial charge < -0.3 is 10.6 Å². The number of aliphatic imine (C=N–C) groups is 1. The molecule has 1 rings (SSSR count). The zero-order valence-corrected chi connectivity index (χ0v) is 9.50. The standard InChI is InChI=1S/C11H23N3/c1-3-9-14(2)11(12)13-10-7-5-4-6-8-10/h10H,3-9H2,1-2H3,(H2,12,13). The first-order valence-electron chi connectivity index (χ1n) is 5.78. The molecule has 1 aliphatic rings. The van der Waals surface area contributed by atoms with Gasteiger partial charge >= 0.3 is 0 Å². The fourth-order valence-corrected chi connectivity index (χ4v) is 1.95. The fraction of sp³-hybridized carbons (Fsp3) is 0.909. The Morgan fingerprint density at radius 3 is 2.57 bits per heavy atom. The van der Waals surface area contributed by atoms with E-state index in [4.69, 9.17) is 5.73 Å². The van der Waals surface area contributed by atoms with Gasteiger partial charge in [0, 0.05) is 13.6 Å². The molecule has 0 aromatic heterocycles. The Kier molecular flexibility index (Phi) is 4.77. The Hall–Kier alpha value is -0.730. The number of hydrogen-bond donors (Lipinski definition) is 1. The first-order chi connectivity index (χ1) is 6.74. The van der Waals surface area contributed by atoms with E-state index in [1.165, 1.54) is 32.1 Å². The van der Waals surface area contributed by atoms with E-state index in [2.05, 4.69) is 16.8 Å². The second-order valence-corrected chi connectivity index (χ2v) is 4.20. The monoisotopic (exact) mass is 197 g/mol. The van der Waals surface area contributed by atoms with Gasteiger partial charge in [-0.2, -0.15) is 0 Å². The first kappa shape index (κ1) is 11.3. The Bertz CT molecular complexity index is 183. The summed E-state index contributed by atoms with van der Waals surface area (Å²) >= 11 is 0. The molecule has 0 atom stereocenters. The van der Waals surface area contributed by atoms with Crippen LogP contribution in [0.3, 0.4) is 0 Å². The average Bonchev–Trinajstić information content (AvgIpc) is 2.19. The minimum absolute atomic E-state index is 0.489. The molecule has 1 saturated carbocycles. The topological polar surface area (TPSA) is 41.6 Å². The van der Waals surface area contributed by atoms with Crippen LogP contribution in [0.5, 0.6) is 0 Å². The summed E-state index contributed by atoms with van der Waals surface area (Å²) in [6.45, 7) is 3.16. The van der Waals surface area contributed by atoms with Gasteiger partial charge in [-0.1, -0.05) is 26.2 Å². The molecule has 0 radical (unpaired) electrons. The van der Waals surface area contributed by atoms with Crippen LogP contribution in [-0.4, -0.2) is 30.5 Å². The summed E-state index contributed by atoms with van der Waals surface area (Å²) < 4.78 is 0. The number of hydrogen-bond acceptors (Lipinski definition) is 1. The Morgan fingerprint density at radius 1 is 1.36 bits per heavy atom. The van der Waals surface area contributed by atoms with Crippen LogP contribution in [0.4, 0.5) is 0 Å². The molecule has 0 aromatic rings. The molecule has 0 bridgehead atoms. The van der Waals surface area contributed by atoms with Gasteiger partial charge in [0.15, 0.2) is 5.96 Å². The SMILES string of the molecule is CCCN(C)C(N)=NC1CCCCC1. The highest BCUT2D eigenvalue weighted by Crippen LogP contribution is 2.20. The lowest BCUT2D eigenvalue weighted by Gasteiger charge is -2.22. The largest absolute Gasteiger partial charge is 0.370 e. The molecular formula is C11H23N3. The number of nitrogens with two attached hydrogens (primary N) is 1. The number of nitrogens with zero attached hydrogens (tertiary/aromatic N) is 2. The van der Waals surface area contributed by atoms with Crippen molar-refractivity contribution in [2.45, 2.75) is 51.5 Å². The maximum Gasteiger partial charge on any atom is 0.191 e. The van der Waals surface area contributed by atoms with E-state index in [0.717, 1.165) is 18.9 Å². The van der Waals surface area contributed by atoms with E-state index >= 15 is 0 Å². The van der Waals surface area contributed by atoms with Crippen LogP contribution in [0.25, 0.3) is 0 Å². The first-order valence-corrected chi connectivity index (χ1v) is 5.78. The lowest BCUT2D eigenvalue weighted by atomic mass is 9.96. The number of rotatable bonds is 3. The fourth-order valence-electron chi connectivity index (χ4n) is 1.95. The highest BCUT2D eigenvalue weighted by Gasteiger charge is 2.13. The van der Waals surface area contributed by atoms with E-state index in [9.17, 15) is 0 Å². The van der Waals surface area contributed by atoms with Crippen molar-refractivity contribution in [1.82, 2.24) is 4.90 Å². The maximum atomic E-state index is 5.91. The highest BCUT2D eigenvalue weighted by atomic mass is 15.2. The molecule has 14 heavy (non-hydrogen) atoms. The minimum atomic E-state index is 0.489. The zero-order valence-electron chi connectivity index (χ0n) is 9.50. The van der Waals surface area contributed by atoms with Crippen LogP contribution in [0.2, 0.25) is 0 Å². The van der Waals surface area contributed by atoms with E-state index < -0.39 is 0 Å². The second kappa shape index (κ2) is 5.89. The van der Waals surface area contributed by atoms with Gasteiger partial charge in [0.25, 0.3) is 0 Å². The zero-order chi connectivity index (χ0) is 10.4. The van der Waals surface area contributed by atoms with E-state index in [-0.39, 0.29) is 0 Å². The molecule has 1 aliphatic carbocycles. The smallest absolute Gasteiger partial charge is 0.191 e. The van der Waals surface area contributed by atoms with Crippen molar-refractivity contribution in [2.75, 3.05) is 13.6 Å². The minimum Gasteiger partial charge on any atom is -0.370 e. The van der Waals surface area contributed by atoms with Gasteiger partial charge in [-0.05, 0) is 19.3 Å². The lowest BCUT2D eigenvalue weighted by molar-refractivity contribution is 0.429. The van der Waals surface area contributed by atoms with Gasteiger partial charge in [-0.25, -0.2) is 4.99 Å².